The molecule has 6 heteroatoms. The van der Waals surface area contributed by atoms with Gasteiger partial charge in [-0.3, -0.25) is 4.79 Å². The average molecular weight is 242 g/mol. The van der Waals surface area contributed by atoms with Crippen molar-refractivity contribution in [1.82, 2.24) is 5.32 Å². The summed E-state index contributed by atoms with van der Waals surface area (Å²) in [6.45, 7) is 2.57. The van der Waals surface area contributed by atoms with Crippen LogP contribution in [0.25, 0.3) is 0 Å². The highest BCUT2D eigenvalue weighted by atomic mass is 35.5. The maximum atomic E-state index is 13.2. The van der Waals surface area contributed by atoms with Crippen molar-refractivity contribution in [3.8, 4) is 0 Å². The van der Waals surface area contributed by atoms with Crippen LogP contribution in [0.4, 0.5) is 8.78 Å². The van der Waals surface area contributed by atoms with Crippen LogP contribution in [-0.4, -0.2) is 31.6 Å². The summed E-state index contributed by atoms with van der Waals surface area (Å²) in [5, 5.41) is 2.82. The molecule has 1 saturated heterocycles. The predicted molar refractivity (Wildman–Crippen MR) is 52.2 cm³/mol. The molecule has 1 aliphatic carbocycles. The predicted octanol–water partition coefficient (Wildman–Crippen LogP) is 1.22. The number of esters is 1. The molecule has 0 aromatic carbocycles. The van der Waals surface area contributed by atoms with E-state index < -0.39 is 23.2 Å². The first-order valence-corrected chi connectivity index (χ1v) is 4.79. The molecule has 1 N–H and O–H groups in total. The van der Waals surface area contributed by atoms with Gasteiger partial charge in [-0.15, -0.1) is 12.4 Å². The Balaban J connectivity index is 0.00000112. The zero-order valence-electron chi connectivity index (χ0n) is 8.39. The van der Waals surface area contributed by atoms with Crippen LogP contribution in [0.3, 0.4) is 0 Å². The van der Waals surface area contributed by atoms with Crippen molar-refractivity contribution >= 4 is 18.4 Å². The SMILES string of the molecule is CCOC(=O)CC1C(F)(F)C12CNC2.Cl. The van der Waals surface area contributed by atoms with Gasteiger partial charge in [0.2, 0.25) is 0 Å². The third-order valence-electron chi connectivity index (χ3n) is 3.24. The molecule has 1 atom stereocenters. The zero-order valence-corrected chi connectivity index (χ0v) is 9.20. The highest BCUT2D eigenvalue weighted by molar-refractivity contribution is 5.85. The van der Waals surface area contributed by atoms with Crippen LogP contribution in [-0.2, 0) is 9.53 Å². The van der Waals surface area contributed by atoms with E-state index in [4.69, 9.17) is 0 Å². The fourth-order valence-corrected chi connectivity index (χ4v) is 2.18. The van der Waals surface area contributed by atoms with Gasteiger partial charge in [0.05, 0.1) is 18.4 Å². The maximum absolute atomic E-state index is 13.2. The van der Waals surface area contributed by atoms with Gasteiger partial charge in [-0.25, -0.2) is 8.78 Å². The summed E-state index contributed by atoms with van der Waals surface area (Å²) in [4.78, 5) is 11.0. The van der Waals surface area contributed by atoms with E-state index in [1.165, 1.54) is 0 Å². The van der Waals surface area contributed by atoms with Crippen molar-refractivity contribution in [1.29, 1.82) is 0 Å². The van der Waals surface area contributed by atoms with Crippen molar-refractivity contribution < 1.29 is 18.3 Å². The number of alkyl halides is 2. The highest BCUT2D eigenvalue weighted by Gasteiger charge is 2.82. The molecule has 2 aliphatic rings. The Morgan fingerprint density at radius 2 is 2.13 bits per heavy atom. The van der Waals surface area contributed by atoms with E-state index in [0.717, 1.165) is 0 Å². The van der Waals surface area contributed by atoms with E-state index in [9.17, 15) is 13.6 Å². The summed E-state index contributed by atoms with van der Waals surface area (Å²) in [6.07, 6.45) is -0.150. The molecular formula is C9H14ClF2NO2. The van der Waals surface area contributed by atoms with Crippen molar-refractivity contribution in [3.63, 3.8) is 0 Å². The molecule has 3 nitrogen and oxygen atoms in total. The van der Waals surface area contributed by atoms with Crippen LogP contribution in [0.1, 0.15) is 13.3 Å². The average Bonchev–Trinajstić information content (AvgIpc) is 2.47. The Morgan fingerprint density at radius 3 is 2.47 bits per heavy atom. The van der Waals surface area contributed by atoms with Crippen LogP contribution in [0.2, 0.25) is 0 Å². The fraction of sp³-hybridized carbons (Fsp3) is 0.889. The number of nitrogens with one attached hydrogen (secondary N) is 1. The van der Waals surface area contributed by atoms with Gasteiger partial charge in [-0.1, -0.05) is 0 Å². The molecule has 1 unspecified atom stereocenters. The summed E-state index contributed by atoms with van der Waals surface area (Å²) in [5.74, 6) is -4.00. The number of carbonyl (C=O) groups excluding carboxylic acids is 1. The molecule has 88 valence electrons. The van der Waals surface area contributed by atoms with Gasteiger partial charge in [0.1, 0.15) is 0 Å². The largest absolute Gasteiger partial charge is 0.466 e. The Kier molecular flexibility index (Phi) is 3.26. The molecule has 2 fully saturated rings. The molecule has 1 saturated carbocycles. The Morgan fingerprint density at radius 1 is 1.53 bits per heavy atom. The Hall–Kier alpha value is -0.420. The number of ether oxygens (including phenoxy) is 1. The van der Waals surface area contributed by atoms with Crippen LogP contribution in [0, 0.1) is 11.3 Å². The second-order valence-electron chi connectivity index (χ2n) is 3.94. The summed E-state index contributed by atoms with van der Waals surface area (Å²) in [6, 6.07) is 0. The second kappa shape index (κ2) is 3.87. The summed E-state index contributed by atoms with van der Waals surface area (Å²) < 4.78 is 31.2. The van der Waals surface area contributed by atoms with E-state index in [-0.39, 0.29) is 25.4 Å². The first-order valence-electron chi connectivity index (χ1n) is 4.79. The standard InChI is InChI=1S/C9H13F2NO2.ClH/c1-2-14-7(13)3-6-8(4-12-5-8)9(6,10)11;/h6,12H,2-5H2,1H3;1H. The number of hydrogen-bond acceptors (Lipinski definition) is 3. The van der Waals surface area contributed by atoms with E-state index >= 15 is 0 Å². The van der Waals surface area contributed by atoms with E-state index in [1.54, 1.807) is 6.92 Å². The van der Waals surface area contributed by atoms with Crippen molar-refractivity contribution in [3.05, 3.63) is 0 Å². The lowest BCUT2D eigenvalue weighted by Crippen LogP contribution is -2.48. The third-order valence-corrected chi connectivity index (χ3v) is 3.24. The lowest BCUT2D eigenvalue weighted by molar-refractivity contribution is -0.144. The van der Waals surface area contributed by atoms with Crippen LogP contribution < -0.4 is 5.32 Å². The first kappa shape index (κ1) is 12.6. The van der Waals surface area contributed by atoms with E-state index in [1.807, 2.05) is 0 Å². The van der Waals surface area contributed by atoms with Crippen molar-refractivity contribution in [2.75, 3.05) is 19.7 Å². The van der Waals surface area contributed by atoms with Crippen LogP contribution in [0.5, 0.6) is 0 Å². The summed E-state index contributed by atoms with van der Waals surface area (Å²) in [7, 11) is 0. The molecule has 2 rings (SSSR count). The topological polar surface area (TPSA) is 38.3 Å². The smallest absolute Gasteiger partial charge is 0.306 e. The lowest BCUT2D eigenvalue weighted by Gasteiger charge is -2.27. The molecule has 0 radical (unpaired) electrons. The monoisotopic (exact) mass is 241 g/mol. The normalized spacial score (nSPS) is 28.9. The lowest BCUT2D eigenvalue weighted by atomic mass is 9.95. The minimum atomic E-state index is -2.68. The van der Waals surface area contributed by atoms with Gasteiger partial charge >= 0.3 is 5.97 Å². The highest BCUT2D eigenvalue weighted by Crippen LogP contribution is 2.69. The molecule has 0 aromatic heterocycles. The number of rotatable bonds is 3. The minimum Gasteiger partial charge on any atom is -0.466 e. The minimum absolute atomic E-state index is 0. The van der Waals surface area contributed by atoms with Crippen LogP contribution >= 0.6 is 12.4 Å². The van der Waals surface area contributed by atoms with Crippen molar-refractivity contribution in [2.45, 2.75) is 19.3 Å². The van der Waals surface area contributed by atoms with Crippen LogP contribution in [0.15, 0.2) is 0 Å². The Labute approximate surface area is 93.0 Å². The van der Waals surface area contributed by atoms with Gasteiger partial charge in [0, 0.05) is 19.0 Å². The van der Waals surface area contributed by atoms with Crippen molar-refractivity contribution in [2.24, 2.45) is 11.3 Å². The van der Waals surface area contributed by atoms with Gasteiger partial charge in [-0.2, -0.15) is 0 Å². The Bertz CT molecular complexity index is 269. The molecule has 0 bridgehead atoms. The zero-order chi connectivity index (χ0) is 10.4. The molecule has 1 heterocycles. The summed E-state index contributed by atoms with van der Waals surface area (Å²) in [5.41, 5.74) is -0.931. The van der Waals surface area contributed by atoms with Gasteiger partial charge in [-0.05, 0) is 6.92 Å². The summed E-state index contributed by atoms with van der Waals surface area (Å²) >= 11 is 0. The van der Waals surface area contributed by atoms with Gasteiger partial charge < -0.3 is 10.1 Å². The second-order valence-corrected chi connectivity index (χ2v) is 3.94. The fourth-order valence-electron chi connectivity index (χ4n) is 2.18. The molecule has 15 heavy (non-hydrogen) atoms. The maximum Gasteiger partial charge on any atom is 0.306 e. The number of carbonyl (C=O) groups is 1. The van der Waals surface area contributed by atoms with Gasteiger partial charge in [0.15, 0.2) is 0 Å². The van der Waals surface area contributed by atoms with E-state index in [2.05, 4.69) is 10.1 Å². The molecule has 1 aliphatic heterocycles. The van der Waals surface area contributed by atoms with Gasteiger partial charge in [0.25, 0.3) is 5.92 Å². The third kappa shape index (κ3) is 1.61. The quantitative estimate of drug-likeness (QED) is 0.755. The number of halogens is 3. The molecular weight excluding hydrogens is 228 g/mol. The number of hydrogen-bond donors (Lipinski definition) is 1. The molecule has 0 amide bonds. The van der Waals surface area contributed by atoms with E-state index in [0.29, 0.717) is 13.1 Å². The molecule has 0 aromatic rings. The first-order chi connectivity index (χ1) is 6.54. The molecule has 1 spiro atoms.